The summed E-state index contributed by atoms with van der Waals surface area (Å²) in [6.07, 6.45) is 0. The van der Waals surface area contributed by atoms with Gasteiger partial charge < -0.3 is 5.32 Å². The Morgan fingerprint density at radius 2 is 1.64 bits per heavy atom. The molecule has 0 spiro atoms. The summed E-state index contributed by atoms with van der Waals surface area (Å²) >= 11 is 0. The second-order valence-electron chi connectivity index (χ2n) is 4.51. The van der Waals surface area contributed by atoms with E-state index in [2.05, 4.69) is 10.0 Å². The van der Waals surface area contributed by atoms with E-state index < -0.39 is 20.0 Å². The van der Waals surface area contributed by atoms with Crippen molar-refractivity contribution in [1.82, 2.24) is 14.3 Å². The Kier molecular flexibility index (Phi) is 8.52. The first-order valence-electron chi connectivity index (χ1n) is 6.45. The number of hydrogen-bond acceptors (Lipinski definition) is 5. The number of likely N-dealkylation sites (N-methyl/N-ethyl adjacent to an activating group) is 1. The molecule has 128 valence electrons. The highest BCUT2D eigenvalue weighted by Crippen LogP contribution is 2.17. The van der Waals surface area contributed by atoms with Crippen LogP contribution in [0.15, 0.2) is 34.1 Å². The third kappa shape index (κ3) is 5.49. The van der Waals surface area contributed by atoms with Crippen LogP contribution in [0, 0.1) is 0 Å². The summed E-state index contributed by atoms with van der Waals surface area (Å²) in [5, 5.41) is 2.99. The zero-order chi connectivity index (χ0) is 16.1. The van der Waals surface area contributed by atoms with Gasteiger partial charge in [0.05, 0.1) is 9.79 Å². The first-order chi connectivity index (χ1) is 9.71. The van der Waals surface area contributed by atoms with Crippen LogP contribution in [0.2, 0.25) is 0 Å². The minimum Gasteiger partial charge on any atom is -0.316 e. The Balaban J connectivity index is 0.00000441. The highest BCUT2D eigenvalue weighted by Gasteiger charge is 2.20. The zero-order valence-corrected chi connectivity index (χ0v) is 15.2. The molecule has 0 aliphatic carbocycles. The van der Waals surface area contributed by atoms with Gasteiger partial charge in [0.25, 0.3) is 0 Å². The van der Waals surface area contributed by atoms with Gasteiger partial charge in [0.15, 0.2) is 0 Å². The quantitative estimate of drug-likeness (QED) is 0.638. The molecule has 1 rings (SSSR count). The molecule has 0 aliphatic rings. The third-order valence-corrected chi connectivity index (χ3v) is 6.01. The Bertz CT molecular complexity index is 675. The van der Waals surface area contributed by atoms with E-state index in [-0.39, 0.29) is 28.7 Å². The fourth-order valence-corrected chi connectivity index (χ4v) is 3.65. The largest absolute Gasteiger partial charge is 0.316 e. The molecule has 0 saturated carbocycles. The van der Waals surface area contributed by atoms with Crippen LogP contribution in [0.4, 0.5) is 0 Å². The average molecular weight is 372 g/mol. The topological polar surface area (TPSA) is 95.6 Å². The predicted octanol–water partition coefficient (Wildman–Crippen LogP) is 0.247. The molecule has 10 heteroatoms. The van der Waals surface area contributed by atoms with Crippen molar-refractivity contribution in [2.24, 2.45) is 0 Å². The third-order valence-electron chi connectivity index (χ3n) is 2.74. The van der Waals surface area contributed by atoms with Crippen molar-refractivity contribution in [2.75, 3.05) is 33.7 Å². The van der Waals surface area contributed by atoms with E-state index in [4.69, 9.17) is 0 Å². The summed E-state index contributed by atoms with van der Waals surface area (Å²) < 4.78 is 51.7. The molecule has 0 heterocycles. The smallest absolute Gasteiger partial charge is 0.242 e. The lowest BCUT2D eigenvalue weighted by atomic mass is 10.4. The summed E-state index contributed by atoms with van der Waals surface area (Å²) in [6, 6.07) is 5.30. The van der Waals surface area contributed by atoms with Gasteiger partial charge in [-0.3, -0.25) is 0 Å². The maximum Gasteiger partial charge on any atom is 0.242 e. The van der Waals surface area contributed by atoms with E-state index in [0.717, 1.165) is 16.9 Å². The summed E-state index contributed by atoms with van der Waals surface area (Å²) in [6.45, 7) is 3.41. The monoisotopic (exact) mass is 371 g/mol. The van der Waals surface area contributed by atoms with Gasteiger partial charge >= 0.3 is 0 Å². The van der Waals surface area contributed by atoms with Crippen molar-refractivity contribution in [3.8, 4) is 0 Å². The predicted molar refractivity (Wildman–Crippen MR) is 88.3 cm³/mol. The van der Waals surface area contributed by atoms with E-state index in [1.165, 1.54) is 32.3 Å². The Hall–Kier alpha value is -0.710. The van der Waals surface area contributed by atoms with Crippen LogP contribution < -0.4 is 10.0 Å². The van der Waals surface area contributed by atoms with Gasteiger partial charge in [-0.15, -0.1) is 12.4 Å². The molecule has 0 saturated heterocycles. The first-order valence-corrected chi connectivity index (χ1v) is 9.37. The van der Waals surface area contributed by atoms with Gasteiger partial charge in [-0.25, -0.2) is 25.9 Å². The number of halogens is 1. The van der Waals surface area contributed by atoms with E-state index >= 15 is 0 Å². The number of sulfonamides is 2. The molecule has 0 unspecified atom stereocenters. The highest BCUT2D eigenvalue weighted by molar-refractivity contribution is 7.90. The van der Waals surface area contributed by atoms with Gasteiger partial charge in [-0.2, -0.15) is 0 Å². The lowest BCUT2D eigenvalue weighted by molar-refractivity contribution is 0.520. The van der Waals surface area contributed by atoms with Crippen LogP contribution in [-0.2, 0) is 20.0 Å². The molecular weight excluding hydrogens is 350 g/mol. The zero-order valence-electron chi connectivity index (χ0n) is 12.7. The second kappa shape index (κ2) is 8.80. The number of rotatable bonds is 8. The molecule has 1 aromatic carbocycles. The van der Waals surface area contributed by atoms with E-state index in [0.29, 0.717) is 6.54 Å². The average Bonchev–Trinajstić information content (AvgIpc) is 2.43. The first kappa shape index (κ1) is 21.3. The molecule has 0 aromatic heterocycles. The molecule has 0 aliphatic heterocycles. The molecule has 0 fully saturated rings. The number of nitrogens with zero attached hydrogens (tertiary/aromatic N) is 1. The fourth-order valence-electron chi connectivity index (χ4n) is 1.55. The number of nitrogens with one attached hydrogen (secondary N) is 2. The van der Waals surface area contributed by atoms with E-state index in [1.807, 2.05) is 6.92 Å². The van der Waals surface area contributed by atoms with Crippen LogP contribution in [0.3, 0.4) is 0 Å². The molecule has 2 N–H and O–H groups in total. The number of benzene rings is 1. The van der Waals surface area contributed by atoms with Gasteiger partial charge in [0, 0.05) is 27.2 Å². The van der Waals surface area contributed by atoms with Crippen molar-refractivity contribution >= 4 is 32.5 Å². The van der Waals surface area contributed by atoms with Crippen molar-refractivity contribution in [1.29, 1.82) is 0 Å². The van der Waals surface area contributed by atoms with Gasteiger partial charge in [-0.1, -0.05) is 13.0 Å². The van der Waals surface area contributed by atoms with Crippen LogP contribution in [0.25, 0.3) is 0 Å². The lowest BCUT2D eigenvalue weighted by Crippen LogP contribution is -2.32. The minimum atomic E-state index is -3.72. The summed E-state index contributed by atoms with van der Waals surface area (Å²) in [5.74, 6) is 0. The molecule has 0 atom stereocenters. The molecular formula is C12H22ClN3O4S2. The van der Waals surface area contributed by atoms with Crippen molar-refractivity contribution in [2.45, 2.75) is 16.7 Å². The molecule has 7 nitrogen and oxygen atoms in total. The standard InChI is InChI=1S/C12H21N3O4S2.ClH/c1-4-13-8-9-14-20(16,17)11-6-5-7-12(10-11)21(18,19)15(2)3;/h5-7,10,13-14H,4,8-9H2,1-3H3;1H. The Labute approximate surface area is 138 Å². The lowest BCUT2D eigenvalue weighted by Gasteiger charge is -2.13. The summed E-state index contributed by atoms with van der Waals surface area (Å²) in [7, 11) is -4.59. The van der Waals surface area contributed by atoms with E-state index in [1.54, 1.807) is 0 Å². The molecule has 22 heavy (non-hydrogen) atoms. The van der Waals surface area contributed by atoms with Crippen molar-refractivity contribution in [3.63, 3.8) is 0 Å². The Morgan fingerprint density at radius 3 is 2.18 bits per heavy atom. The fraction of sp³-hybridized carbons (Fsp3) is 0.500. The van der Waals surface area contributed by atoms with Gasteiger partial charge in [0.2, 0.25) is 20.0 Å². The minimum absolute atomic E-state index is 0. The molecule has 1 aromatic rings. The molecule has 0 radical (unpaired) electrons. The van der Waals surface area contributed by atoms with E-state index in [9.17, 15) is 16.8 Å². The normalized spacial score (nSPS) is 12.2. The van der Waals surface area contributed by atoms with Crippen LogP contribution >= 0.6 is 12.4 Å². The highest BCUT2D eigenvalue weighted by atomic mass is 35.5. The van der Waals surface area contributed by atoms with Crippen LogP contribution in [-0.4, -0.2) is 54.9 Å². The molecule has 0 bridgehead atoms. The maximum absolute atomic E-state index is 12.1. The van der Waals surface area contributed by atoms with Gasteiger partial charge in [-0.05, 0) is 24.7 Å². The maximum atomic E-state index is 12.1. The summed E-state index contributed by atoms with van der Waals surface area (Å²) in [4.78, 5) is -0.121. The SMILES string of the molecule is CCNCCNS(=O)(=O)c1cccc(S(=O)(=O)N(C)C)c1.Cl. The second-order valence-corrected chi connectivity index (χ2v) is 8.43. The van der Waals surface area contributed by atoms with Gasteiger partial charge in [0.1, 0.15) is 0 Å². The van der Waals surface area contributed by atoms with Crippen LogP contribution in [0.5, 0.6) is 0 Å². The van der Waals surface area contributed by atoms with Crippen LogP contribution in [0.1, 0.15) is 6.92 Å². The Morgan fingerprint density at radius 1 is 1.05 bits per heavy atom. The van der Waals surface area contributed by atoms with Crippen molar-refractivity contribution < 1.29 is 16.8 Å². The molecule has 0 amide bonds. The van der Waals surface area contributed by atoms with Crippen molar-refractivity contribution in [3.05, 3.63) is 24.3 Å². The summed E-state index contributed by atoms with van der Waals surface area (Å²) in [5.41, 5.74) is 0. The number of hydrogen-bond donors (Lipinski definition) is 2.